The minimum atomic E-state index is -0.842. The fourth-order valence-corrected chi connectivity index (χ4v) is 3.40. The van der Waals surface area contributed by atoms with Gasteiger partial charge in [0.2, 0.25) is 0 Å². The molecule has 0 unspecified atom stereocenters. The number of halogens is 4. The third kappa shape index (κ3) is 4.94. The molecular formula is C26H18F4O. The number of benzene rings is 4. The Balaban J connectivity index is 1.75. The van der Waals surface area contributed by atoms with Crippen molar-refractivity contribution in [3.8, 4) is 11.5 Å². The van der Waals surface area contributed by atoms with Gasteiger partial charge in [-0.05, 0) is 11.1 Å². The van der Waals surface area contributed by atoms with Crippen molar-refractivity contribution < 1.29 is 22.3 Å². The van der Waals surface area contributed by atoms with Crippen LogP contribution in [-0.2, 0) is 12.8 Å². The average molecular weight is 422 g/mol. The second-order valence-corrected chi connectivity index (χ2v) is 7.16. The van der Waals surface area contributed by atoms with E-state index in [-0.39, 0.29) is 35.5 Å². The van der Waals surface area contributed by atoms with Gasteiger partial charge in [-0.15, -0.1) is 0 Å². The first-order valence-electron chi connectivity index (χ1n) is 9.71. The van der Waals surface area contributed by atoms with E-state index in [4.69, 9.17) is 4.74 Å². The average Bonchev–Trinajstić information content (AvgIpc) is 2.74. The summed E-state index contributed by atoms with van der Waals surface area (Å²) in [4.78, 5) is 0. The molecule has 0 saturated carbocycles. The number of ether oxygens (including phenoxy) is 1. The van der Waals surface area contributed by atoms with Crippen molar-refractivity contribution >= 4 is 0 Å². The Morgan fingerprint density at radius 2 is 0.903 bits per heavy atom. The van der Waals surface area contributed by atoms with Crippen LogP contribution in [0.5, 0.6) is 11.5 Å². The number of rotatable bonds is 6. The van der Waals surface area contributed by atoms with Crippen molar-refractivity contribution in [1.82, 2.24) is 0 Å². The lowest BCUT2D eigenvalue weighted by Gasteiger charge is -2.16. The van der Waals surface area contributed by atoms with E-state index >= 15 is 0 Å². The lowest BCUT2D eigenvalue weighted by atomic mass is 10.0. The fraction of sp³-hybridized carbons (Fsp3) is 0.0769. The molecule has 5 heteroatoms. The monoisotopic (exact) mass is 422 g/mol. The Kier molecular flexibility index (Phi) is 6.03. The van der Waals surface area contributed by atoms with Crippen LogP contribution in [0.4, 0.5) is 17.6 Å². The van der Waals surface area contributed by atoms with E-state index in [1.807, 2.05) is 12.1 Å². The summed E-state index contributed by atoms with van der Waals surface area (Å²) >= 11 is 0. The third-order valence-corrected chi connectivity index (χ3v) is 4.91. The van der Waals surface area contributed by atoms with Crippen LogP contribution in [0.3, 0.4) is 0 Å². The van der Waals surface area contributed by atoms with Crippen molar-refractivity contribution in [2.45, 2.75) is 12.8 Å². The van der Waals surface area contributed by atoms with Gasteiger partial charge in [0.05, 0.1) is 0 Å². The van der Waals surface area contributed by atoms with Crippen LogP contribution in [0.15, 0.2) is 84.9 Å². The van der Waals surface area contributed by atoms with Crippen LogP contribution in [0.2, 0.25) is 0 Å². The topological polar surface area (TPSA) is 9.23 Å². The molecule has 0 fully saturated rings. The van der Waals surface area contributed by atoms with Gasteiger partial charge < -0.3 is 4.74 Å². The van der Waals surface area contributed by atoms with E-state index < -0.39 is 23.3 Å². The van der Waals surface area contributed by atoms with E-state index in [0.717, 1.165) is 35.4 Å². The molecule has 156 valence electrons. The Morgan fingerprint density at radius 1 is 0.516 bits per heavy atom. The third-order valence-electron chi connectivity index (χ3n) is 4.91. The van der Waals surface area contributed by atoms with Crippen LogP contribution in [0.1, 0.15) is 22.3 Å². The van der Waals surface area contributed by atoms with E-state index in [1.165, 1.54) is 0 Å². The summed E-state index contributed by atoms with van der Waals surface area (Å²) in [5, 5.41) is 0. The Bertz CT molecular complexity index is 1100. The largest absolute Gasteiger partial charge is 0.456 e. The van der Waals surface area contributed by atoms with E-state index in [9.17, 15) is 17.6 Å². The highest BCUT2D eigenvalue weighted by atomic mass is 19.1. The van der Waals surface area contributed by atoms with E-state index in [2.05, 4.69) is 0 Å². The van der Waals surface area contributed by atoms with Crippen molar-refractivity contribution in [2.75, 3.05) is 0 Å². The summed E-state index contributed by atoms with van der Waals surface area (Å²) in [7, 11) is 0. The fourth-order valence-electron chi connectivity index (χ4n) is 3.40. The molecule has 0 saturated heterocycles. The van der Waals surface area contributed by atoms with Crippen LogP contribution >= 0.6 is 0 Å². The molecule has 0 aliphatic rings. The molecule has 0 radical (unpaired) electrons. The van der Waals surface area contributed by atoms with Crippen LogP contribution in [-0.4, -0.2) is 0 Å². The zero-order valence-electron chi connectivity index (χ0n) is 16.4. The van der Waals surface area contributed by atoms with Gasteiger partial charge in [0.25, 0.3) is 0 Å². The van der Waals surface area contributed by atoms with Gasteiger partial charge in [-0.2, -0.15) is 0 Å². The molecule has 0 N–H and O–H groups in total. The van der Waals surface area contributed by atoms with Gasteiger partial charge in [0.1, 0.15) is 34.8 Å². The summed E-state index contributed by atoms with van der Waals surface area (Å²) in [6.07, 6.45) is 0.266. The van der Waals surface area contributed by atoms with E-state index in [0.29, 0.717) is 0 Å². The molecule has 0 atom stereocenters. The minimum absolute atomic E-state index is 0.0999. The predicted molar refractivity (Wildman–Crippen MR) is 111 cm³/mol. The van der Waals surface area contributed by atoms with E-state index in [1.54, 1.807) is 48.5 Å². The van der Waals surface area contributed by atoms with Gasteiger partial charge in [-0.25, -0.2) is 17.6 Å². The SMILES string of the molecule is Fc1cc(F)c(Cc2ccccc2)c(Oc2cc(F)cc(F)c2Cc2ccccc2)c1. The summed E-state index contributed by atoms with van der Waals surface area (Å²) in [6, 6.07) is 21.6. The Labute approximate surface area is 177 Å². The molecular weight excluding hydrogens is 404 g/mol. The van der Waals surface area contributed by atoms with Gasteiger partial charge in [0.15, 0.2) is 0 Å². The summed E-state index contributed by atoms with van der Waals surface area (Å²) in [5.41, 5.74) is 1.77. The summed E-state index contributed by atoms with van der Waals surface area (Å²) in [6.45, 7) is 0. The minimum Gasteiger partial charge on any atom is -0.456 e. The molecule has 0 aliphatic carbocycles. The summed E-state index contributed by atoms with van der Waals surface area (Å²) < 4.78 is 63.0. The predicted octanol–water partition coefficient (Wildman–Crippen LogP) is 7.22. The first-order valence-corrected chi connectivity index (χ1v) is 9.71. The van der Waals surface area contributed by atoms with Crippen molar-refractivity contribution in [3.63, 3.8) is 0 Å². The van der Waals surface area contributed by atoms with Gasteiger partial charge in [-0.1, -0.05) is 60.7 Å². The first-order chi connectivity index (χ1) is 15.0. The van der Waals surface area contributed by atoms with Crippen molar-refractivity contribution in [2.24, 2.45) is 0 Å². The smallest absolute Gasteiger partial charge is 0.136 e. The molecule has 4 aromatic rings. The highest BCUT2D eigenvalue weighted by Crippen LogP contribution is 2.34. The van der Waals surface area contributed by atoms with Crippen LogP contribution in [0, 0.1) is 23.3 Å². The van der Waals surface area contributed by atoms with Crippen molar-refractivity contribution in [1.29, 1.82) is 0 Å². The molecule has 31 heavy (non-hydrogen) atoms. The zero-order chi connectivity index (χ0) is 21.8. The second-order valence-electron chi connectivity index (χ2n) is 7.16. The number of hydrogen-bond donors (Lipinski definition) is 0. The zero-order valence-corrected chi connectivity index (χ0v) is 16.4. The highest BCUT2D eigenvalue weighted by Gasteiger charge is 2.19. The maximum Gasteiger partial charge on any atom is 0.136 e. The normalized spacial score (nSPS) is 10.8. The molecule has 0 spiro atoms. The second kappa shape index (κ2) is 9.04. The molecule has 4 aromatic carbocycles. The van der Waals surface area contributed by atoms with Gasteiger partial charge in [-0.3, -0.25) is 0 Å². The first kappa shape index (κ1) is 20.7. The standard InChI is InChI=1S/C26H18F4O/c27-19-13-23(29)21(11-17-7-3-1-4-8-17)25(15-19)31-26-16-20(28)14-24(30)22(26)12-18-9-5-2-6-10-18/h1-10,13-16H,11-12H2. The lowest BCUT2D eigenvalue weighted by Crippen LogP contribution is -2.03. The van der Waals surface area contributed by atoms with Crippen LogP contribution in [0.25, 0.3) is 0 Å². The molecule has 1 nitrogen and oxygen atoms in total. The molecule has 0 aromatic heterocycles. The van der Waals surface area contributed by atoms with Gasteiger partial charge in [0, 0.05) is 48.2 Å². The Morgan fingerprint density at radius 3 is 1.29 bits per heavy atom. The molecule has 0 bridgehead atoms. The molecule has 0 amide bonds. The summed E-state index contributed by atoms with van der Waals surface area (Å²) in [5.74, 6) is -3.52. The molecule has 0 aliphatic heterocycles. The maximum absolute atomic E-state index is 14.6. The quantitative estimate of drug-likeness (QED) is 0.298. The lowest BCUT2D eigenvalue weighted by molar-refractivity contribution is 0.443. The number of hydrogen-bond acceptors (Lipinski definition) is 1. The van der Waals surface area contributed by atoms with Crippen molar-refractivity contribution in [3.05, 3.63) is 130 Å². The Hall–Kier alpha value is -3.60. The van der Waals surface area contributed by atoms with Gasteiger partial charge >= 0.3 is 0 Å². The molecule has 4 rings (SSSR count). The maximum atomic E-state index is 14.6. The molecule has 0 heterocycles. The van der Waals surface area contributed by atoms with Crippen LogP contribution < -0.4 is 4.74 Å². The highest BCUT2D eigenvalue weighted by molar-refractivity contribution is 5.46.